The summed E-state index contributed by atoms with van der Waals surface area (Å²) in [4.78, 5) is 24.1. The van der Waals surface area contributed by atoms with Crippen LogP contribution in [0.15, 0.2) is 12.3 Å². The van der Waals surface area contributed by atoms with E-state index in [9.17, 15) is 14.0 Å². The van der Waals surface area contributed by atoms with E-state index in [0.717, 1.165) is 12.3 Å². The lowest BCUT2D eigenvalue weighted by atomic mass is 10.3. The molecule has 0 spiro atoms. The van der Waals surface area contributed by atoms with Crippen LogP contribution >= 0.6 is 0 Å². The number of hydrogen-bond acceptors (Lipinski definition) is 5. The number of imide groups is 1. The largest absolute Gasteiger partial charge is 0.465 e. The Morgan fingerprint density at radius 2 is 2.31 bits per heavy atom. The fourth-order valence-electron chi connectivity index (χ4n) is 0.778. The average Bonchev–Trinajstić information content (AvgIpc) is 2.16. The first kappa shape index (κ1) is 11.4. The van der Waals surface area contributed by atoms with Crippen LogP contribution in [0.25, 0.3) is 0 Å². The lowest BCUT2D eigenvalue weighted by Gasteiger charge is -2.02. The third-order valence-electron chi connectivity index (χ3n) is 1.34. The second kappa shape index (κ2) is 4.70. The van der Waals surface area contributed by atoms with Gasteiger partial charge in [0, 0.05) is 6.07 Å². The van der Waals surface area contributed by atoms with Gasteiger partial charge in [0.1, 0.15) is 6.07 Å². The number of amides is 2. The molecule has 2 N–H and O–H groups in total. The van der Waals surface area contributed by atoms with Crippen molar-refractivity contribution >= 4 is 12.2 Å². The van der Waals surface area contributed by atoms with Crippen molar-refractivity contribution in [2.24, 2.45) is 0 Å². The van der Waals surface area contributed by atoms with Gasteiger partial charge in [-0.2, -0.15) is 5.26 Å². The van der Waals surface area contributed by atoms with Gasteiger partial charge in [0.05, 0.1) is 6.20 Å². The highest BCUT2D eigenvalue weighted by atomic mass is 19.1. The van der Waals surface area contributed by atoms with Crippen molar-refractivity contribution in [3.05, 3.63) is 23.8 Å². The molecule has 0 saturated heterocycles. The Morgan fingerprint density at radius 3 is 2.81 bits per heavy atom. The van der Waals surface area contributed by atoms with Crippen LogP contribution in [0.2, 0.25) is 0 Å². The quantitative estimate of drug-likeness (QED) is 0.732. The van der Waals surface area contributed by atoms with Gasteiger partial charge in [-0.1, -0.05) is 0 Å². The smallest absolute Gasteiger partial charge is 0.422 e. The van der Waals surface area contributed by atoms with E-state index in [4.69, 9.17) is 10.4 Å². The van der Waals surface area contributed by atoms with Crippen LogP contribution in [0.1, 0.15) is 5.69 Å². The van der Waals surface area contributed by atoms with Gasteiger partial charge in [0.15, 0.2) is 17.3 Å². The van der Waals surface area contributed by atoms with Crippen LogP contribution in [-0.4, -0.2) is 22.3 Å². The molecule has 0 fully saturated rings. The van der Waals surface area contributed by atoms with Crippen LogP contribution in [0.4, 0.5) is 14.0 Å². The van der Waals surface area contributed by atoms with Crippen LogP contribution in [0.5, 0.6) is 5.75 Å². The molecule has 1 rings (SSSR count). The van der Waals surface area contributed by atoms with Crippen molar-refractivity contribution < 1.29 is 23.8 Å². The Balaban J connectivity index is 2.76. The van der Waals surface area contributed by atoms with E-state index in [2.05, 4.69) is 9.72 Å². The average molecular weight is 225 g/mol. The van der Waals surface area contributed by atoms with Crippen LogP contribution in [0, 0.1) is 17.1 Å². The number of aromatic nitrogens is 1. The Morgan fingerprint density at radius 1 is 1.62 bits per heavy atom. The summed E-state index contributed by atoms with van der Waals surface area (Å²) in [6.07, 6.45) is -1.98. The minimum Gasteiger partial charge on any atom is -0.465 e. The molecule has 0 aliphatic carbocycles. The van der Waals surface area contributed by atoms with Crippen LogP contribution in [-0.2, 0) is 0 Å². The van der Waals surface area contributed by atoms with Gasteiger partial charge in [-0.05, 0) is 0 Å². The van der Waals surface area contributed by atoms with Gasteiger partial charge in [0.2, 0.25) is 0 Å². The van der Waals surface area contributed by atoms with Gasteiger partial charge in [0.25, 0.3) is 0 Å². The molecule has 0 bridgehead atoms. The lowest BCUT2D eigenvalue weighted by molar-refractivity contribution is 0.177. The Hall–Kier alpha value is -2.69. The van der Waals surface area contributed by atoms with Gasteiger partial charge in [-0.3, -0.25) is 0 Å². The molecule has 1 aromatic rings. The first-order valence-corrected chi connectivity index (χ1v) is 3.80. The predicted molar refractivity (Wildman–Crippen MR) is 46.1 cm³/mol. The Labute approximate surface area is 88.1 Å². The third-order valence-corrected chi connectivity index (χ3v) is 1.34. The van der Waals surface area contributed by atoms with Crippen LogP contribution < -0.4 is 10.1 Å². The second-order valence-electron chi connectivity index (χ2n) is 2.43. The number of nitriles is 1. The SMILES string of the molecule is N#Cc1ncc(OC(=O)NC(=O)O)cc1F. The molecule has 16 heavy (non-hydrogen) atoms. The minimum absolute atomic E-state index is 0.310. The van der Waals surface area contributed by atoms with Crippen molar-refractivity contribution in [2.75, 3.05) is 0 Å². The van der Waals surface area contributed by atoms with Gasteiger partial charge in [-0.15, -0.1) is 0 Å². The van der Waals surface area contributed by atoms with Crippen molar-refractivity contribution in [3.8, 4) is 11.8 Å². The highest BCUT2D eigenvalue weighted by Gasteiger charge is 2.10. The molecule has 82 valence electrons. The Bertz CT molecular complexity index is 483. The summed E-state index contributed by atoms with van der Waals surface area (Å²) in [5.41, 5.74) is -0.453. The molecule has 0 saturated carbocycles. The standard InChI is InChI=1S/C8H4FN3O4/c9-5-1-4(3-11-6(5)2-10)16-8(15)12-7(13)14/h1,3H,(H,12,15)(H,13,14). The highest BCUT2D eigenvalue weighted by Crippen LogP contribution is 2.13. The van der Waals surface area contributed by atoms with Crippen molar-refractivity contribution in [3.63, 3.8) is 0 Å². The molecule has 7 nitrogen and oxygen atoms in total. The number of halogens is 1. The molecule has 0 unspecified atom stereocenters. The van der Waals surface area contributed by atoms with Crippen molar-refractivity contribution in [2.45, 2.75) is 0 Å². The van der Waals surface area contributed by atoms with Gasteiger partial charge < -0.3 is 9.84 Å². The zero-order chi connectivity index (χ0) is 12.1. The van der Waals surface area contributed by atoms with Crippen molar-refractivity contribution in [1.29, 1.82) is 5.26 Å². The zero-order valence-corrected chi connectivity index (χ0v) is 7.60. The van der Waals surface area contributed by atoms with Crippen molar-refractivity contribution in [1.82, 2.24) is 10.3 Å². The number of hydrogen-bond donors (Lipinski definition) is 2. The van der Waals surface area contributed by atoms with Gasteiger partial charge >= 0.3 is 12.2 Å². The fraction of sp³-hybridized carbons (Fsp3) is 0. The number of rotatable bonds is 1. The second-order valence-corrected chi connectivity index (χ2v) is 2.43. The number of pyridine rings is 1. The third kappa shape index (κ3) is 2.91. The predicted octanol–water partition coefficient (Wildman–Crippen LogP) is 0.859. The van der Waals surface area contributed by atoms with Crippen LogP contribution in [0.3, 0.4) is 0 Å². The van der Waals surface area contributed by atoms with E-state index >= 15 is 0 Å². The maximum absolute atomic E-state index is 13.0. The molecular formula is C8H4FN3O4. The first-order chi connectivity index (χ1) is 7.52. The number of nitrogens with zero attached hydrogens (tertiary/aromatic N) is 2. The molecule has 1 heterocycles. The lowest BCUT2D eigenvalue weighted by Crippen LogP contribution is -2.31. The van der Waals surface area contributed by atoms with E-state index in [0.29, 0.717) is 0 Å². The molecule has 0 atom stereocenters. The van der Waals surface area contributed by atoms with E-state index in [1.807, 2.05) is 0 Å². The number of nitrogens with one attached hydrogen (secondary N) is 1. The Kier molecular flexibility index (Phi) is 3.34. The number of ether oxygens (including phenoxy) is 1. The van der Waals surface area contributed by atoms with Gasteiger partial charge in [-0.25, -0.2) is 24.3 Å². The van der Waals surface area contributed by atoms with E-state index in [1.165, 1.54) is 11.4 Å². The summed E-state index contributed by atoms with van der Waals surface area (Å²) in [5, 5.41) is 17.9. The number of carbonyl (C=O) groups excluding carboxylic acids is 1. The highest BCUT2D eigenvalue weighted by molar-refractivity contribution is 5.87. The summed E-state index contributed by atoms with van der Waals surface area (Å²) in [7, 11) is 0. The first-order valence-electron chi connectivity index (χ1n) is 3.80. The fourth-order valence-corrected chi connectivity index (χ4v) is 0.778. The minimum atomic E-state index is -1.60. The van der Waals surface area contributed by atoms with E-state index in [1.54, 1.807) is 0 Å². The molecule has 0 radical (unpaired) electrons. The maximum Gasteiger partial charge on any atom is 0.422 e. The normalized spacial score (nSPS) is 9.00. The topological polar surface area (TPSA) is 112 Å². The molecular weight excluding hydrogens is 221 g/mol. The molecule has 0 aromatic carbocycles. The molecule has 2 amide bonds. The summed E-state index contributed by atoms with van der Waals surface area (Å²) in [5.74, 6) is -1.28. The monoisotopic (exact) mass is 225 g/mol. The van der Waals surface area contributed by atoms with E-state index in [-0.39, 0.29) is 5.75 Å². The number of carbonyl (C=O) groups is 2. The van der Waals surface area contributed by atoms with E-state index < -0.39 is 23.7 Å². The zero-order valence-electron chi connectivity index (χ0n) is 7.60. The molecule has 8 heteroatoms. The summed E-state index contributed by atoms with van der Waals surface area (Å²) in [6.45, 7) is 0. The summed E-state index contributed by atoms with van der Waals surface area (Å²) < 4.78 is 17.3. The maximum atomic E-state index is 13.0. The molecule has 0 aliphatic heterocycles. The molecule has 1 aromatic heterocycles. The summed E-state index contributed by atoms with van der Waals surface area (Å²) >= 11 is 0. The summed E-state index contributed by atoms with van der Waals surface area (Å²) in [6, 6.07) is 2.21. The molecule has 0 aliphatic rings. The number of carboxylic acid groups (broad SMARTS) is 1.